The van der Waals surface area contributed by atoms with E-state index in [1.807, 2.05) is 30.7 Å². The van der Waals surface area contributed by atoms with Crippen LogP contribution in [0.1, 0.15) is 12.5 Å². The number of aromatic nitrogens is 2. The molecule has 3 rings (SSSR count). The lowest BCUT2D eigenvalue weighted by Gasteiger charge is -2.27. The van der Waals surface area contributed by atoms with E-state index in [-0.39, 0.29) is 6.17 Å². The average molecular weight is 240 g/mol. The molecule has 0 bridgehead atoms. The van der Waals surface area contributed by atoms with Crippen LogP contribution in [0, 0.1) is 6.92 Å². The lowest BCUT2D eigenvalue weighted by Crippen LogP contribution is -2.36. The molecule has 1 unspecified atom stereocenters. The summed E-state index contributed by atoms with van der Waals surface area (Å²) in [6, 6.07) is 6.11. The molecule has 1 atom stereocenters. The third-order valence-corrected chi connectivity index (χ3v) is 3.56. The van der Waals surface area contributed by atoms with E-state index in [1.165, 1.54) is 11.3 Å². The molecule has 0 spiro atoms. The zero-order valence-electron chi connectivity index (χ0n) is 10.8. The minimum atomic E-state index is 0.248. The standard InChI is InChI=1S/C14H16N4/c1-10-5-4-7-16-14(10)18-11(2)17(3)13-9-15-8-6-12(13)18/h4-9,11H,1-3H3. The quantitative estimate of drug-likeness (QED) is 0.767. The molecule has 0 radical (unpaired) electrons. The van der Waals surface area contributed by atoms with Crippen LogP contribution in [0.3, 0.4) is 0 Å². The second kappa shape index (κ2) is 3.98. The molecule has 0 aliphatic carbocycles. The van der Waals surface area contributed by atoms with Crippen molar-refractivity contribution in [3.05, 3.63) is 42.4 Å². The van der Waals surface area contributed by atoms with Gasteiger partial charge in [0.25, 0.3) is 0 Å². The van der Waals surface area contributed by atoms with Crippen molar-refractivity contribution in [1.82, 2.24) is 9.97 Å². The van der Waals surface area contributed by atoms with Gasteiger partial charge in [0.15, 0.2) is 0 Å². The molecule has 0 amide bonds. The van der Waals surface area contributed by atoms with E-state index in [9.17, 15) is 0 Å². The molecule has 4 heteroatoms. The summed E-state index contributed by atoms with van der Waals surface area (Å²) in [7, 11) is 2.09. The number of fused-ring (bicyclic) bond motifs is 1. The van der Waals surface area contributed by atoms with Crippen LogP contribution in [0.5, 0.6) is 0 Å². The molecule has 0 aromatic carbocycles. The van der Waals surface area contributed by atoms with Gasteiger partial charge in [-0.25, -0.2) is 4.98 Å². The first-order chi connectivity index (χ1) is 8.70. The molecule has 92 valence electrons. The van der Waals surface area contributed by atoms with Crippen LogP contribution in [-0.2, 0) is 0 Å². The number of anilines is 3. The summed E-state index contributed by atoms with van der Waals surface area (Å²) in [4.78, 5) is 13.2. The molecular formula is C14H16N4. The van der Waals surface area contributed by atoms with Crippen LogP contribution in [0.4, 0.5) is 17.2 Å². The first-order valence-corrected chi connectivity index (χ1v) is 6.08. The molecule has 18 heavy (non-hydrogen) atoms. The van der Waals surface area contributed by atoms with Crippen LogP contribution in [0.15, 0.2) is 36.8 Å². The van der Waals surface area contributed by atoms with Gasteiger partial charge >= 0.3 is 0 Å². The van der Waals surface area contributed by atoms with E-state index in [0.717, 1.165) is 11.5 Å². The second-order valence-electron chi connectivity index (χ2n) is 4.62. The van der Waals surface area contributed by atoms with Gasteiger partial charge in [0.2, 0.25) is 0 Å². The van der Waals surface area contributed by atoms with Gasteiger partial charge in [-0.05, 0) is 31.5 Å². The Labute approximate surface area is 107 Å². The van der Waals surface area contributed by atoms with Gasteiger partial charge in [0.05, 0.1) is 17.6 Å². The average Bonchev–Trinajstić information content (AvgIpc) is 2.64. The molecule has 0 fully saturated rings. The molecule has 2 aromatic rings. The van der Waals surface area contributed by atoms with E-state index < -0.39 is 0 Å². The van der Waals surface area contributed by atoms with Crippen molar-refractivity contribution >= 4 is 17.2 Å². The molecule has 1 aliphatic rings. The van der Waals surface area contributed by atoms with Gasteiger partial charge in [0, 0.05) is 19.4 Å². The van der Waals surface area contributed by atoms with E-state index in [2.05, 4.69) is 46.7 Å². The van der Waals surface area contributed by atoms with Crippen molar-refractivity contribution in [2.75, 3.05) is 16.8 Å². The molecule has 0 saturated heterocycles. The maximum atomic E-state index is 4.52. The van der Waals surface area contributed by atoms with Gasteiger partial charge in [-0.1, -0.05) is 6.07 Å². The monoisotopic (exact) mass is 240 g/mol. The predicted molar refractivity (Wildman–Crippen MR) is 73.2 cm³/mol. The van der Waals surface area contributed by atoms with Crippen LogP contribution in [0.25, 0.3) is 0 Å². The lowest BCUT2D eigenvalue weighted by atomic mass is 10.2. The number of aryl methyl sites for hydroxylation is 1. The van der Waals surface area contributed by atoms with Crippen molar-refractivity contribution in [3.63, 3.8) is 0 Å². The number of nitrogens with zero attached hydrogens (tertiary/aromatic N) is 4. The highest BCUT2D eigenvalue weighted by Gasteiger charge is 2.32. The third kappa shape index (κ3) is 1.45. The summed E-state index contributed by atoms with van der Waals surface area (Å²) in [5.74, 6) is 1.02. The van der Waals surface area contributed by atoms with Gasteiger partial charge in [0.1, 0.15) is 12.0 Å². The van der Waals surface area contributed by atoms with Crippen LogP contribution >= 0.6 is 0 Å². The van der Waals surface area contributed by atoms with E-state index in [4.69, 9.17) is 0 Å². The zero-order valence-corrected chi connectivity index (χ0v) is 10.8. The topological polar surface area (TPSA) is 32.3 Å². The smallest absolute Gasteiger partial charge is 0.137 e. The summed E-state index contributed by atoms with van der Waals surface area (Å²) in [6.45, 7) is 4.27. The highest BCUT2D eigenvalue weighted by atomic mass is 15.4. The van der Waals surface area contributed by atoms with Crippen LogP contribution in [0.2, 0.25) is 0 Å². The van der Waals surface area contributed by atoms with E-state index >= 15 is 0 Å². The Morgan fingerprint density at radius 2 is 2.00 bits per heavy atom. The fourth-order valence-electron chi connectivity index (χ4n) is 2.45. The number of hydrogen-bond donors (Lipinski definition) is 0. The molecular weight excluding hydrogens is 224 g/mol. The third-order valence-electron chi connectivity index (χ3n) is 3.56. The van der Waals surface area contributed by atoms with Gasteiger partial charge in [-0.2, -0.15) is 0 Å². The summed E-state index contributed by atoms with van der Waals surface area (Å²) in [6.07, 6.45) is 5.83. The Hall–Kier alpha value is -2.10. The predicted octanol–water partition coefficient (Wildman–Crippen LogP) is 2.72. The zero-order chi connectivity index (χ0) is 12.7. The van der Waals surface area contributed by atoms with Crippen molar-refractivity contribution < 1.29 is 0 Å². The largest absolute Gasteiger partial charge is 0.351 e. The summed E-state index contributed by atoms with van der Waals surface area (Å²) < 4.78 is 0. The fourth-order valence-corrected chi connectivity index (χ4v) is 2.45. The molecule has 0 N–H and O–H groups in total. The van der Waals surface area contributed by atoms with Gasteiger partial charge in [-0.3, -0.25) is 4.98 Å². The molecule has 2 aromatic heterocycles. The first-order valence-electron chi connectivity index (χ1n) is 6.08. The summed E-state index contributed by atoms with van der Waals surface area (Å²) in [5, 5.41) is 0. The molecule has 3 heterocycles. The van der Waals surface area contributed by atoms with Crippen molar-refractivity contribution in [3.8, 4) is 0 Å². The Morgan fingerprint density at radius 3 is 2.78 bits per heavy atom. The van der Waals surface area contributed by atoms with Crippen LogP contribution in [-0.4, -0.2) is 23.2 Å². The van der Waals surface area contributed by atoms with Crippen molar-refractivity contribution in [1.29, 1.82) is 0 Å². The molecule has 1 aliphatic heterocycles. The first kappa shape index (κ1) is 11.0. The fraction of sp³-hybridized carbons (Fsp3) is 0.286. The molecule has 0 saturated carbocycles. The number of rotatable bonds is 1. The Morgan fingerprint density at radius 1 is 1.17 bits per heavy atom. The summed E-state index contributed by atoms with van der Waals surface area (Å²) >= 11 is 0. The highest BCUT2D eigenvalue weighted by molar-refractivity contribution is 5.82. The SMILES string of the molecule is Cc1cccnc1N1c2ccncc2N(C)C1C. The minimum Gasteiger partial charge on any atom is -0.351 e. The minimum absolute atomic E-state index is 0.248. The van der Waals surface area contributed by atoms with E-state index in [0.29, 0.717) is 0 Å². The number of hydrogen-bond acceptors (Lipinski definition) is 4. The maximum Gasteiger partial charge on any atom is 0.137 e. The Bertz CT molecular complexity index is 582. The number of pyridine rings is 2. The van der Waals surface area contributed by atoms with Gasteiger partial charge < -0.3 is 9.80 Å². The highest BCUT2D eigenvalue weighted by Crippen LogP contribution is 2.42. The van der Waals surface area contributed by atoms with E-state index in [1.54, 1.807) is 0 Å². The van der Waals surface area contributed by atoms with Crippen molar-refractivity contribution in [2.24, 2.45) is 0 Å². The summed E-state index contributed by atoms with van der Waals surface area (Å²) in [5.41, 5.74) is 3.50. The Balaban J connectivity index is 2.16. The Kier molecular flexibility index (Phi) is 2.44. The normalized spacial score (nSPS) is 18.1. The second-order valence-corrected chi connectivity index (χ2v) is 4.62. The molecule has 4 nitrogen and oxygen atoms in total. The van der Waals surface area contributed by atoms with Crippen LogP contribution < -0.4 is 9.80 Å². The maximum absolute atomic E-state index is 4.52. The van der Waals surface area contributed by atoms with Crippen molar-refractivity contribution in [2.45, 2.75) is 20.0 Å². The van der Waals surface area contributed by atoms with Gasteiger partial charge in [-0.15, -0.1) is 0 Å². The lowest BCUT2D eigenvalue weighted by molar-refractivity contribution is 0.725.